The van der Waals surface area contributed by atoms with Crippen LogP contribution in [0.5, 0.6) is 0 Å². The van der Waals surface area contributed by atoms with E-state index in [1.807, 2.05) is 0 Å². The molecule has 0 radical (unpaired) electrons. The number of anilines is 1. The topological polar surface area (TPSA) is 68.7 Å². The van der Waals surface area contributed by atoms with Gasteiger partial charge in [-0.25, -0.2) is 9.59 Å². The van der Waals surface area contributed by atoms with Gasteiger partial charge in [0.25, 0.3) is 0 Å². The highest BCUT2D eigenvalue weighted by molar-refractivity contribution is 9.10. The number of ether oxygens (including phenoxy) is 2. The Labute approximate surface area is 151 Å². The van der Waals surface area contributed by atoms with E-state index in [0.29, 0.717) is 21.4 Å². The molecule has 1 rings (SSSR count). The van der Waals surface area contributed by atoms with Crippen LogP contribution in [0.15, 0.2) is 10.7 Å². The molecule has 1 aromatic rings. The third-order valence-corrected chi connectivity index (χ3v) is 3.60. The van der Waals surface area contributed by atoms with Crippen molar-refractivity contribution in [2.45, 2.75) is 66.6 Å². The van der Waals surface area contributed by atoms with E-state index >= 15 is 0 Å². The molecular weight excluding hydrogens is 376 g/mol. The Morgan fingerprint density at radius 2 is 1.42 bits per heavy atom. The Bertz CT molecular complexity index is 617. The Hall–Kier alpha value is -1.63. The highest BCUT2D eigenvalue weighted by Gasteiger charge is 2.35. The third kappa shape index (κ3) is 5.47. The maximum absolute atomic E-state index is 12.7. The number of hydrogen-bond donors (Lipinski definition) is 0. The van der Waals surface area contributed by atoms with Gasteiger partial charge in [0, 0.05) is 10.7 Å². The molecule has 1 heterocycles. The molecule has 6 nitrogen and oxygen atoms in total. The predicted molar refractivity (Wildman–Crippen MR) is 96.4 cm³/mol. The number of nitrogens with zero attached hydrogens (tertiary/aromatic N) is 2. The first-order chi connectivity index (χ1) is 10.7. The molecular formula is C17H25BrN2O4. The molecule has 0 saturated heterocycles. The molecule has 0 fully saturated rings. The van der Waals surface area contributed by atoms with Gasteiger partial charge in [0.2, 0.25) is 0 Å². The maximum Gasteiger partial charge on any atom is 0.424 e. The Kier molecular flexibility index (Phi) is 6.03. The van der Waals surface area contributed by atoms with Crippen LogP contribution in [0, 0.1) is 13.8 Å². The maximum atomic E-state index is 12.7. The van der Waals surface area contributed by atoms with Crippen LogP contribution in [-0.2, 0) is 9.47 Å². The highest BCUT2D eigenvalue weighted by atomic mass is 79.9. The average molecular weight is 401 g/mol. The summed E-state index contributed by atoms with van der Waals surface area (Å²) in [6.07, 6.45) is 0.0157. The van der Waals surface area contributed by atoms with Crippen LogP contribution in [0.2, 0.25) is 0 Å². The molecule has 2 amide bonds. The van der Waals surface area contributed by atoms with Gasteiger partial charge in [-0.3, -0.25) is 4.98 Å². The third-order valence-electron chi connectivity index (χ3n) is 2.80. The van der Waals surface area contributed by atoms with E-state index in [1.54, 1.807) is 61.6 Å². The lowest BCUT2D eigenvalue weighted by molar-refractivity contribution is 0.0430. The fourth-order valence-corrected chi connectivity index (χ4v) is 2.19. The normalized spacial score (nSPS) is 11.9. The minimum Gasteiger partial charge on any atom is -0.443 e. The molecule has 0 unspecified atom stereocenters. The molecule has 7 heteroatoms. The van der Waals surface area contributed by atoms with Crippen molar-refractivity contribution < 1.29 is 19.1 Å². The van der Waals surface area contributed by atoms with Crippen LogP contribution >= 0.6 is 15.9 Å². The number of aromatic nitrogens is 1. The van der Waals surface area contributed by atoms with E-state index in [1.165, 1.54) is 0 Å². The molecule has 134 valence electrons. The summed E-state index contributed by atoms with van der Waals surface area (Å²) in [6, 6.07) is 0. The van der Waals surface area contributed by atoms with Crippen molar-refractivity contribution in [3.8, 4) is 0 Å². The molecule has 0 aliphatic heterocycles. The number of rotatable bonds is 1. The predicted octanol–water partition coefficient (Wildman–Crippen LogP) is 5.14. The molecule has 0 aromatic carbocycles. The van der Waals surface area contributed by atoms with Gasteiger partial charge in [-0.2, -0.15) is 4.90 Å². The lowest BCUT2D eigenvalue weighted by atomic mass is 10.1. The SMILES string of the molecule is Cc1ncc(Br)c(C)c1N(C(=O)OC(C)(C)C)C(=O)OC(C)(C)C. The van der Waals surface area contributed by atoms with E-state index in [0.717, 1.165) is 4.90 Å². The van der Waals surface area contributed by atoms with Gasteiger partial charge in [-0.1, -0.05) is 0 Å². The molecule has 0 aliphatic carbocycles. The van der Waals surface area contributed by atoms with Gasteiger partial charge in [-0.05, 0) is 76.9 Å². The van der Waals surface area contributed by atoms with E-state index < -0.39 is 23.4 Å². The quantitative estimate of drug-likeness (QED) is 0.652. The van der Waals surface area contributed by atoms with Gasteiger partial charge < -0.3 is 9.47 Å². The molecule has 24 heavy (non-hydrogen) atoms. The fourth-order valence-electron chi connectivity index (χ4n) is 1.90. The number of amides is 2. The number of carbonyl (C=O) groups excluding carboxylic acids is 2. The lowest BCUT2D eigenvalue weighted by Crippen LogP contribution is -2.44. The molecule has 0 N–H and O–H groups in total. The van der Waals surface area contributed by atoms with Crippen LogP contribution in [0.25, 0.3) is 0 Å². The minimum atomic E-state index is -0.803. The standard InChI is InChI=1S/C17H25BrN2O4/c1-10-12(18)9-19-11(2)13(10)20(14(21)23-16(3,4)5)15(22)24-17(6,7)8/h9H,1-8H3. The Morgan fingerprint density at radius 3 is 1.79 bits per heavy atom. The second-order valence-corrected chi connectivity index (χ2v) is 8.32. The van der Waals surface area contributed by atoms with Crippen LogP contribution in [0.4, 0.5) is 15.3 Å². The van der Waals surface area contributed by atoms with Crippen molar-refractivity contribution in [1.82, 2.24) is 4.98 Å². The molecule has 0 spiro atoms. The van der Waals surface area contributed by atoms with Crippen molar-refractivity contribution in [3.05, 3.63) is 21.9 Å². The van der Waals surface area contributed by atoms with Gasteiger partial charge in [0.05, 0.1) is 11.4 Å². The van der Waals surface area contributed by atoms with E-state index in [2.05, 4.69) is 20.9 Å². The number of halogens is 1. The molecule has 0 atom stereocenters. The largest absolute Gasteiger partial charge is 0.443 e. The molecule has 1 aromatic heterocycles. The molecule has 0 saturated carbocycles. The summed E-state index contributed by atoms with van der Waals surface area (Å²) >= 11 is 3.38. The van der Waals surface area contributed by atoms with Crippen LogP contribution in [0.1, 0.15) is 52.8 Å². The van der Waals surface area contributed by atoms with Crippen LogP contribution < -0.4 is 4.90 Å². The zero-order chi connectivity index (χ0) is 18.9. The first kappa shape index (κ1) is 20.4. The van der Waals surface area contributed by atoms with Gasteiger partial charge in [-0.15, -0.1) is 0 Å². The number of pyridine rings is 1. The van der Waals surface area contributed by atoms with Crippen molar-refractivity contribution in [1.29, 1.82) is 0 Å². The monoisotopic (exact) mass is 400 g/mol. The number of imide groups is 1. The lowest BCUT2D eigenvalue weighted by Gasteiger charge is -2.30. The van der Waals surface area contributed by atoms with Crippen molar-refractivity contribution >= 4 is 33.8 Å². The van der Waals surface area contributed by atoms with Gasteiger partial charge in [0.15, 0.2) is 0 Å². The van der Waals surface area contributed by atoms with Gasteiger partial charge in [0.1, 0.15) is 11.2 Å². The first-order valence-corrected chi connectivity index (χ1v) is 8.40. The zero-order valence-electron chi connectivity index (χ0n) is 15.5. The highest BCUT2D eigenvalue weighted by Crippen LogP contribution is 2.31. The zero-order valence-corrected chi connectivity index (χ0v) is 17.1. The summed E-state index contributed by atoms with van der Waals surface area (Å²) < 4.78 is 11.4. The van der Waals surface area contributed by atoms with Crippen molar-refractivity contribution in [2.75, 3.05) is 4.90 Å². The number of carbonyl (C=O) groups is 2. The fraction of sp³-hybridized carbons (Fsp3) is 0.588. The summed E-state index contributed by atoms with van der Waals surface area (Å²) in [5.74, 6) is 0. The first-order valence-electron chi connectivity index (χ1n) is 7.61. The summed E-state index contributed by atoms with van der Waals surface area (Å²) in [4.78, 5) is 30.4. The molecule has 0 bridgehead atoms. The van der Waals surface area contributed by atoms with Crippen LogP contribution in [-0.4, -0.2) is 28.4 Å². The van der Waals surface area contributed by atoms with Crippen molar-refractivity contribution in [2.24, 2.45) is 0 Å². The second kappa shape index (κ2) is 7.09. The van der Waals surface area contributed by atoms with Crippen LogP contribution in [0.3, 0.4) is 0 Å². The van der Waals surface area contributed by atoms with E-state index in [9.17, 15) is 9.59 Å². The second-order valence-electron chi connectivity index (χ2n) is 7.46. The summed E-state index contributed by atoms with van der Waals surface area (Å²) in [5.41, 5.74) is 0.0662. The molecule has 0 aliphatic rings. The van der Waals surface area contributed by atoms with Crippen molar-refractivity contribution in [3.63, 3.8) is 0 Å². The summed E-state index contributed by atoms with van der Waals surface area (Å²) in [7, 11) is 0. The number of hydrogen-bond acceptors (Lipinski definition) is 5. The van der Waals surface area contributed by atoms with E-state index in [4.69, 9.17) is 9.47 Å². The smallest absolute Gasteiger partial charge is 0.424 e. The van der Waals surface area contributed by atoms with Gasteiger partial charge >= 0.3 is 12.2 Å². The average Bonchev–Trinajstić information content (AvgIpc) is 2.34. The number of aryl methyl sites for hydroxylation is 1. The Morgan fingerprint density at radius 1 is 1.00 bits per heavy atom. The van der Waals surface area contributed by atoms with E-state index in [-0.39, 0.29) is 0 Å². The Balaban J connectivity index is 3.42. The minimum absolute atomic E-state index is 0.355. The summed E-state index contributed by atoms with van der Waals surface area (Å²) in [5, 5.41) is 0. The summed E-state index contributed by atoms with van der Waals surface area (Å²) in [6.45, 7) is 13.9.